The summed E-state index contributed by atoms with van der Waals surface area (Å²) < 4.78 is 6.18. The number of rotatable bonds is 10. The number of carbonyl (C=O) groups excluding carboxylic acids is 2. The molecule has 0 saturated heterocycles. The van der Waals surface area contributed by atoms with Gasteiger partial charge in [0.1, 0.15) is 0 Å². The Labute approximate surface area is 197 Å². The van der Waals surface area contributed by atoms with E-state index in [-0.39, 0.29) is 30.2 Å². The zero-order valence-corrected chi connectivity index (χ0v) is 20.1. The van der Waals surface area contributed by atoms with Gasteiger partial charge < -0.3 is 9.64 Å². The molecule has 0 aliphatic carbocycles. The molecule has 1 amide bonds. The van der Waals surface area contributed by atoms with E-state index in [1.807, 2.05) is 49.1 Å². The summed E-state index contributed by atoms with van der Waals surface area (Å²) in [7, 11) is 1.31. The minimum Gasteiger partial charge on any atom is -0.469 e. The maximum atomic E-state index is 13.1. The third-order valence-corrected chi connectivity index (χ3v) is 6.22. The highest BCUT2D eigenvalue weighted by Crippen LogP contribution is 2.20. The Bertz CT molecular complexity index is 1170. The van der Waals surface area contributed by atoms with Gasteiger partial charge in [-0.25, -0.2) is 4.98 Å². The van der Waals surface area contributed by atoms with E-state index >= 15 is 0 Å². The lowest BCUT2D eigenvalue weighted by Crippen LogP contribution is -2.33. The van der Waals surface area contributed by atoms with Gasteiger partial charge in [-0.2, -0.15) is 0 Å². The number of hydrogen-bond acceptors (Lipinski definition) is 6. The van der Waals surface area contributed by atoms with Gasteiger partial charge in [0, 0.05) is 19.6 Å². The number of aryl methyl sites for hydroxylation is 1. The van der Waals surface area contributed by atoms with Crippen LogP contribution in [-0.2, 0) is 27.4 Å². The van der Waals surface area contributed by atoms with Crippen molar-refractivity contribution in [3.8, 4) is 0 Å². The van der Waals surface area contributed by atoms with Crippen molar-refractivity contribution < 1.29 is 14.3 Å². The van der Waals surface area contributed by atoms with Crippen LogP contribution in [0.15, 0.2) is 58.5 Å². The second-order valence-corrected chi connectivity index (χ2v) is 8.73. The first-order valence-electron chi connectivity index (χ1n) is 11.0. The Hall–Kier alpha value is -3.13. The zero-order valence-electron chi connectivity index (χ0n) is 19.2. The number of aromatic nitrogens is 2. The number of benzene rings is 2. The minimum atomic E-state index is -0.408. The van der Waals surface area contributed by atoms with Gasteiger partial charge >= 0.3 is 5.97 Å². The number of methoxy groups -OCH3 is 1. The first-order chi connectivity index (χ1) is 15.9. The topological polar surface area (TPSA) is 81.5 Å². The summed E-state index contributed by atoms with van der Waals surface area (Å²) in [5, 5.41) is 0.896. The molecule has 7 nitrogen and oxygen atoms in total. The average Bonchev–Trinajstić information content (AvgIpc) is 2.83. The first-order valence-corrected chi connectivity index (χ1v) is 11.9. The van der Waals surface area contributed by atoms with Crippen LogP contribution in [-0.4, -0.2) is 45.7 Å². The summed E-state index contributed by atoms with van der Waals surface area (Å²) >= 11 is 1.22. The molecule has 1 aromatic heterocycles. The highest BCUT2D eigenvalue weighted by atomic mass is 32.2. The molecular formula is C25H29N3O4S. The molecule has 0 aliphatic rings. The summed E-state index contributed by atoms with van der Waals surface area (Å²) in [6.07, 6.45) is 0.896. The van der Waals surface area contributed by atoms with E-state index < -0.39 is 5.97 Å². The highest BCUT2D eigenvalue weighted by Gasteiger charge is 2.18. The summed E-state index contributed by atoms with van der Waals surface area (Å²) in [4.78, 5) is 44.2. The van der Waals surface area contributed by atoms with Crippen molar-refractivity contribution >= 4 is 34.5 Å². The fourth-order valence-corrected chi connectivity index (χ4v) is 4.38. The molecule has 3 rings (SSSR count). The fraction of sp³-hybridized carbons (Fsp3) is 0.360. The second-order valence-electron chi connectivity index (χ2n) is 7.78. The Balaban J connectivity index is 1.81. The van der Waals surface area contributed by atoms with Gasteiger partial charge in [-0.3, -0.25) is 19.0 Å². The van der Waals surface area contributed by atoms with Crippen molar-refractivity contribution in [1.29, 1.82) is 0 Å². The van der Waals surface area contributed by atoms with Crippen molar-refractivity contribution in [2.75, 3.05) is 19.4 Å². The Kier molecular flexibility index (Phi) is 8.65. The van der Waals surface area contributed by atoms with Crippen molar-refractivity contribution in [3.05, 3.63) is 70.0 Å². The molecule has 0 radical (unpaired) electrons. The van der Waals surface area contributed by atoms with Crippen molar-refractivity contribution in [2.24, 2.45) is 0 Å². The van der Waals surface area contributed by atoms with E-state index in [1.165, 1.54) is 29.0 Å². The Morgan fingerprint density at radius 1 is 1.12 bits per heavy atom. The van der Waals surface area contributed by atoms with E-state index in [9.17, 15) is 14.4 Å². The normalized spacial score (nSPS) is 10.9. The first kappa shape index (κ1) is 24.5. The quantitative estimate of drug-likeness (QED) is 0.256. The maximum Gasteiger partial charge on any atom is 0.307 e. The third-order valence-electron chi connectivity index (χ3n) is 5.26. The number of ether oxygens (including phenoxy) is 1. The fourth-order valence-electron chi connectivity index (χ4n) is 3.45. The molecule has 0 fully saturated rings. The molecule has 0 saturated carbocycles. The predicted molar refractivity (Wildman–Crippen MR) is 130 cm³/mol. The molecule has 0 N–H and O–H groups in total. The SMILES string of the molecule is CCCN(Cc1ccc(C)cc1)C(=O)CSc1nc2ccccc2c(=O)n1CCC(=O)OC. The number of amides is 1. The Morgan fingerprint density at radius 2 is 1.85 bits per heavy atom. The standard InChI is InChI=1S/C25H29N3O4S/c1-4-14-27(16-19-11-9-18(2)10-12-19)22(29)17-33-25-26-21-8-6-5-7-20(21)24(31)28(25)15-13-23(30)32-3/h5-12H,4,13-17H2,1-3H3. The van der Waals surface area contributed by atoms with Crippen LogP contribution in [0.2, 0.25) is 0 Å². The van der Waals surface area contributed by atoms with Crippen LogP contribution in [0.1, 0.15) is 30.9 Å². The van der Waals surface area contributed by atoms with Gasteiger partial charge in [-0.05, 0) is 31.0 Å². The van der Waals surface area contributed by atoms with Crippen LogP contribution in [0.4, 0.5) is 0 Å². The molecule has 0 aliphatic heterocycles. The van der Waals surface area contributed by atoms with Crippen LogP contribution in [0.25, 0.3) is 10.9 Å². The van der Waals surface area contributed by atoms with E-state index in [4.69, 9.17) is 4.74 Å². The van der Waals surface area contributed by atoms with Gasteiger partial charge in [0.15, 0.2) is 5.16 Å². The predicted octanol–water partition coefficient (Wildman–Crippen LogP) is 3.80. The third kappa shape index (κ3) is 6.44. The Morgan fingerprint density at radius 3 is 2.55 bits per heavy atom. The lowest BCUT2D eigenvalue weighted by molar-refractivity contribution is -0.140. The van der Waals surface area contributed by atoms with Crippen molar-refractivity contribution in [3.63, 3.8) is 0 Å². The lowest BCUT2D eigenvalue weighted by atomic mass is 10.1. The van der Waals surface area contributed by atoms with Gasteiger partial charge in [0.25, 0.3) is 5.56 Å². The molecule has 174 valence electrons. The molecular weight excluding hydrogens is 438 g/mol. The summed E-state index contributed by atoms with van der Waals surface area (Å²) in [6, 6.07) is 15.2. The second kappa shape index (κ2) is 11.7. The number of hydrogen-bond donors (Lipinski definition) is 0. The number of para-hydroxylation sites is 1. The maximum absolute atomic E-state index is 13.1. The van der Waals surface area contributed by atoms with E-state index in [2.05, 4.69) is 4.98 Å². The van der Waals surface area contributed by atoms with Crippen molar-refractivity contribution in [2.45, 2.75) is 44.9 Å². The molecule has 2 aromatic carbocycles. The lowest BCUT2D eigenvalue weighted by Gasteiger charge is -2.22. The number of esters is 1. The number of carbonyl (C=O) groups is 2. The van der Waals surface area contributed by atoms with E-state index in [0.29, 0.717) is 29.1 Å². The monoisotopic (exact) mass is 467 g/mol. The van der Waals surface area contributed by atoms with Gasteiger partial charge in [0.05, 0.1) is 30.2 Å². The largest absolute Gasteiger partial charge is 0.469 e. The molecule has 8 heteroatoms. The summed E-state index contributed by atoms with van der Waals surface area (Å²) in [6.45, 7) is 5.40. The van der Waals surface area contributed by atoms with Gasteiger partial charge in [-0.1, -0.05) is 60.6 Å². The molecule has 33 heavy (non-hydrogen) atoms. The van der Waals surface area contributed by atoms with E-state index in [1.54, 1.807) is 18.2 Å². The molecule has 0 bridgehead atoms. The van der Waals surface area contributed by atoms with Crippen molar-refractivity contribution in [1.82, 2.24) is 14.5 Å². The molecule has 0 atom stereocenters. The van der Waals surface area contributed by atoms with Crippen LogP contribution in [0.3, 0.4) is 0 Å². The number of nitrogens with zero attached hydrogens (tertiary/aromatic N) is 3. The van der Waals surface area contributed by atoms with Crippen LogP contribution in [0, 0.1) is 6.92 Å². The summed E-state index contributed by atoms with van der Waals surface area (Å²) in [5.41, 5.74) is 2.59. The smallest absolute Gasteiger partial charge is 0.307 e. The molecule has 1 heterocycles. The molecule has 0 spiro atoms. The highest BCUT2D eigenvalue weighted by molar-refractivity contribution is 7.99. The summed E-state index contributed by atoms with van der Waals surface area (Å²) in [5.74, 6) is -0.284. The zero-order chi connectivity index (χ0) is 23.8. The van der Waals surface area contributed by atoms with Crippen LogP contribution < -0.4 is 5.56 Å². The number of thioether (sulfide) groups is 1. The van der Waals surface area contributed by atoms with Crippen LogP contribution in [0.5, 0.6) is 0 Å². The molecule has 0 unspecified atom stereocenters. The minimum absolute atomic E-state index is 0.0237. The van der Waals surface area contributed by atoms with E-state index in [0.717, 1.165) is 12.0 Å². The van der Waals surface area contributed by atoms with Gasteiger partial charge in [-0.15, -0.1) is 0 Å². The average molecular weight is 468 g/mol. The number of fused-ring (bicyclic) bond motifs is 1. The van der Waals surface area contributed by atoms with Gasteiger partial charge in [0.2, 0.25) is 5.91 Å². The van der Waals surface area contributed by atoms with Crippen LogP contribution >= 0.6 is 11.8 Å². The molecule has 3 aromatic rings.